The Morgan fingerprint density at radius 1 is 1.26 bits per heavy atom. The van der Waals surface area contributed by atoms with E-state index in [0.717, 1.165) is 44.4 Å². The average molecular weight is 396 g/mol. The topological polar surface area (TPSA) is 47.0 Å². The molecule has 1 spiro atoms. The van der Waals surface area contributed by atoms with Gasteiger partial charge in [-0.1, -0.05) is 29.8 Å². The van der Waals surface area contributed by atoms with Gasteiger partial charge in [0.2, 0.25) is 5.88 Å². The molecule has 0 radical (unpaired) electrons. The Labute approximate surface area is 164 Å². The molecule has 6 rings (SSSR count). The van der Waals surface area contributed by atoms with Crippen LogP contribution in [0.2, 0.25) is 4.34 Å². The molecule has 0 N–H and O–H groups in total. The zero-order valence-electron chi connectivity index (χ0n) is 14.4. The number of ether oxygens (including phenoxy) is 2. The summed E-state index contributed by atoms with van der Waals surface area (Å²) in [7, 11) is 1.63. The molecule has 5 heterocycles. The predicted octanol–water partition coefficient (Wildman–Crippen LogP) is 4.55. The van der Waals surface area contributed by atoms with Crippen LogP contribution in [0.25, 0.3) is 0 Å². The summed E-state index contributed by atoms with van der Waals surface area (Å²) in [5.41, 5.74) is 3.80. The van der Waals surface area contributed by atoms with E-state index in [0.29, 0.717) is 12.5 Å². The molecular formula is C20H14ClN3O2S. The Balaban J connectivity index is 1.67. The molecular weight excluding hydrogens is 382 g/mol. The van der Waals surface area contributed by atoms with Crippen molar-refractivity contribution in [2.45, 2.75) is 12.0 Å². The molecule has 0 saturated carbocycles. The van der Waals surface area contributed by atoms with Gasteiger partial charge in [-0.05, 0) is 23.8 Å². The molecule has 3 aliphatic rings. The van der Waals surface area contributed by atoms with Crippen LogP contribution in [0.5, 0.6) is 11.6 Å². The lowest BCUT2D eigenvalue weighted by atomic mass is 9.79. The van der Waals surface area contributed by atoms with Gasteiger partial charge in [0, 0.05) is 17.3 Å². The second-order valence-electron chi connectivity index (χ2n) is 6.81. The minimum atomic E-state index is -0.533. The number of anilines is 1. The minimum absolute atomic E-state index is 0.475. The molecule has 1 unspecified atom stereocenters. The van der Waals surface area contributed by atoms with Crippen LogP contribution in [0.1, 0.15) is 16.8 Å². The zero-order valence-corrected chi connectivity index (χ0v) is 16.0. The molecule has 2 aromatic heterocycles. The lowest BCUT2D eigenvalue weighted by Crippen LogP contribution is -2.43. The van der Waals surface area contributed by atoms with Crippen molar-refractivity contribution in [2.75, 3.05) is 18.6 Å². The van der Waals surface area contributed by atoms with Crippen molar-refractivity contribution >= 4 is 39.5 Å². The number of methoxy groups -OCH3 is 1. The highest BCUT2D eigenvalue weighted by molar-refractivity contribution is 7.19. The molecule has 1 aromatic carbocycles. The van der Waals surface area contributed by atoms with E-state index in [9.17, 15) is 0 Å². The highest BCUT2D eigenvalue weighted by atomic mass is 35.5. The number of rotatable bonds is 1. The van der Waals surface area contributed by atoms with E-state index in [-0.39, 0.29) is 0 Å². The van der Waals surface area contributed by atoms with Gasteiger partial charge in [-0.15, -0.1) is 11.3 Å². The highest BCUT2D eigenvalue weighted by Gasteiger charge is 2.57. The summed E-state index contributed by atoms with van der Waals surface area (Å²) in [6.45, 7) is 1.22. The molecule has 5 nitrogen and oxygen atoms in total. The first kappa shape index (κ1) is 15.5. The maximum atomic E-state index is 6.26. The molecule has 0 amide bonds. The summed E-state index contributed by atoms with van der Waals surface area (Å²) in [6, 6.07) is 14.2. The van der Waals surface area contributed by atoms with Crippen LogP contribution in [0, 0.1) is 0 Å². The Morgan fingerprint density at radius 2 is 2.15 bits per heavy atom. The number of para-hydroxylation sites is 1. The molecule has 1 atom stereocenters. The average Bonchev–Trinajstić information content (AvgIpc) is 3.33. The number of hydrogen-bond acceptors (Lipinski definition) is 6. The Bertz CT molecular complexity index is 1140. The fourth-order valence-electron chi connectivity index (χ4n) is 4.31. The van der Waals surface area contributed by atoms with E-state index in [4.69, 9.17) is 31.1 Å². The number of aromatic nitrogens is 1. The van der Waals surface area contributed by atoms with Crippen molar-refractivity contribution in [1.29, 1.82) is 0 Å². The fraction of sp³-hybridized carbons (Fsp3) is 0.200. The smallest absolute Gasteiger partial charge is 0.213 e. The quantitative estimate of drug-likeness (QED) is 0.606. The summed E-state index contributed by atoms with van der Waals surface area (Å²) in [5, 5.41) is 0.967. The van der Waals surface area contributed by atoms with Crippen molar-refractivity contribution in [3.63, 3.8) is 0 Å². The van der Waals surface area contributed by atoms with E-state index in [1.807, 2.05) is 18.2 Å². The Hall–Kier alpha value is -2.57. The third-order valence-corrected chi connectivity index (χ3v) is 6.67. The van der Waals surface area contributed by atoms with Gasteiger partial charge in [0.15, 0.2) is 0 Å². The van der Waals surface area contributed by atoms with E-state index >= 15 is 0 Å². The first-order chi connectivity index (χ1) is 13.2. The number of nitrogens with zero attached hydrogens (tertiary/aromatic N) is 3. The summed E-state index contributed by atoms with van der Waals surface area (Å²) >= 11 is 7.77. The molecule has 134 valence electrons. The minimum Gasteiger partial charge on any atom is -0.490 e. The largest absolute Gasteiger partial charge is 0.490 e. The predicted molar refractivity (Wildman–Crippen MR) is 106 cm³/mol. The van der Waals surface area contributed by atoms with Crippen LogP contribution in [-0.2, 0) is 12.0 Å². The third kappa shape index (κ3) is 1.89. The number of aliphatic imine (C=N–C) groups is 1. The fourth-order valence-corrected chi connectivity index (χ4v) is 5.43. The highest BCUT2D eigenvalue weighted by Crippen LogP contribution is 2.55. The van der Waals surface area contributed by atoms with Gasteiger partial charge in [0.25, 0.3) is 0 Å². The van der Waals surface area contributed by atoms with Gasteiger partial charge < -0.3 is 14.4 Å². The second kappa shape index (κ2) is 5.24. The molecule has 0 bridgehead atoms. The van der Waals surface area contributed by atoms with E-state index < -0.39 is 5.41 Å². The first-order valence-corrected chi connectivity index (χ1v) is 9.83. The van der Waals surface area contributed by atoms with Crippen LogP contribution >= 0.6 is 22.9 Å². The third-order valence-electron chi connectivity index (χ3n) is 5.47. The van der Waals surface area contributed by atoms with Crippen molar-refractivity contribution in [1.82, 2.24) is 4.98 Å². The van der Waals surface area contributed by atoms with Gasteiger partial charge in [-0.2, -0.15) is 0 Å². The van der Waals surface area contributed by atoms with Gasteiger partial charge in [-0.3, -0.25) is 0 Å². The van der Waals surface area contributed by atoms with Crippen LogP contribution in [0.3, 0.4) is 0 Å². The number of fused-ring (bicyclic) bond motifs is 8. The molecule has 3 aromatic rings. The zero-order chi connectivity index (χ0) is 18.2. The van der Waals surface area contributed by atoms with Crippen LogP contribution in [0.15, 0.2) is 47.5 Å². The number of hydrogen-bond donors (Lipinski definition) is 0. The number of benzene rings is 1. The van der Waals surface area contributed by atoms with Crippen molar-refractivity contribution in [3.05, 3.63) is 63.6 Å². The van der Waals surface area contributed by atoms with Gasteiger partial charge >= 0.3 is 0 Å². The second-order valence-corrected chi connectivity index (χ2v) is 8.48. The molecule has 0 aliphatic carbocycles. The molecule has 7 heteroatoms. The Morgan fingerprint density at radius 3 is 3.04 bits per heavy atom. The van der Waals surface area contributed by atoms with Crippen molar-refractivity contribution in [2.24, 2.45) is 4.99 Å². The Kier molecular flexibility index (Phi) is 3.01. The maximum Gasteiger partial charge on any atom is 0.213 e. The lowest BCUT2D eigenvalue weighted by Gasteiger charge is -2.29. The van der Waals surface area contributed by atoms with Crippen LogP contribution in [0.4, 0.5) is 10.7 Å². The van der Waals surface area contributed by atoms with Crippen molar-refractivity contribution in [3.8, 4) is 11.6 Å². The summed E-state index contributed by atoms with van der Waals surface area (Å²) < 4.78 is 12.2. The van der Waals surface area contributed by atoms with Crippen LogP contribution < -0.4 is 14.4 Å². The number of pyridine rings is 1. The monoisotopic (exact) mass is 395 g/mol. The van der Waals surface area contributed by atoms with Gasteiger partial charge in [0.05, 0.1) is 18.0 Å². The summed E-state index contributed by atoms with van der Waals surface area (Å²) in [4.78, 5) is 12.1. The maximum absolute atomic E-state index is 6.26. The number of thiophene rings is 1. The van der Waals surface area contributed by atoms with E-state index in [2.05, 4.69) is 29.2 Å². The van der Waals surface area contributed by atoms with E-state index in [1.54, 1.807) is 7.11 Å². The molecule has 3 aliphatic heterocycles. The molecule has 27 heavy (non-hydrogen) atoms. The van der Waals surface area contributed by atoms with Crippen LogP contribution in [-0.4, -0.2) is 24.5 Å². The summed E-state index contributed by atoms with van der Waals surface area (Å²) in [5.74, 6) is 2.31. The SMILES string of the molecule is COc1ccc2c(n1)C1(CO2)C2=Nc3sc(Cl)cc3CN2c2ccccc21. The molecule has 0 saturated heterocycles. The van der Waals surface area contributed by atoms with Gasteiger partial charge in [0.1, 0.15) is 34.3 Å². The normalized spacial score (nSPS) is 21.3. The van der Waals surface area contributed by atoms with Gasteiger partial charge in [-0.25, -0.2) is 9.98 Å². The standard InChI is InChI=1S/C20H14ClN3O2S/c1-25-16-7-6-14-17(22-16)20(10-26-14)12-4-2-3-5-13(12)24-9-11-8-15(21)27-18(11)23-19(20)24/h2-8H,9-10H2,1H3. The number of amidine groups is 1. The number of halogens is 1. The van der Waals surface area contributed by atoms with E-state index in [1.165, 1.54) is 16.9 Å². The summed E-state index contributed by atoms with van der Waals surface area (Å²) in [6.07, 6.45) is 0. The lowest BCUT2D eigenvalue weighted by molar-refractivity contribution is 0.325. The first-order valence-electron chi connectivity index (χ1n) is 8.63. The van der Waals surface area contributed by atoms with Crippen molar-refractivity contribution < 1.29 is 9.47 Å². The molecule has 0 fully saturated rings.